The molecule has 0 saturated heterocycles. The quantitative estimate of drug-likeness (QED) is 0.553. The van der Waals surface area contributed by atoms with Crippen LogP contribution in [-0.2, 0) is 17.8 Å². The van der Waals surface area contributed by atoms with Gasteiger partial charge in [0, 0.05) is 42.7 Å². The number of hydrogen-bond acceptors (Lipinski definition) is 2. The third-order valence-electron chi connectivity index (χ3n) is 4.50. The van der Waals surface area contributed by atoms with Crippen LogP contribution < -0.4 is 0 Å². The lowest BCUT2D eigenvalue weighted by Gasteiger charge is -2.23. The summed E-state index contributed by atoms with van der Waals surface area (Å²) >= 11 is 6.28. The van der Waals surface area contributed by atoms with Gasteiger partial charge in [0.1, 0.15) is 5.82 Å². The molecule has 0 fully saturated rings. The second kappa shape index (κ2) is 9.53. The van der Waals surface area contributed by atoms with Gasteiger partial charge in [0.25, 0.3) is 5.91 Å². The Balaban J connectivity index is 1.81. The van der Waals surface area contributed by atoms with Gasteiger partial charge in [-0.05, 0) is 42.0 Å². The molecular formula is C22H22ClFN2O2. The molecule has 146 valence electrons. The first-order chi connectivity index (χ1) is 13.6. The van der Waals surface area contributed by atoms with Crippen molar-refractivity contribution in [1.29, 1.82) is 0 Å². The third-order valence-corrected chi connectivity index (χ3v) is 4.87. The van der Waals surface area contributed by atoms with Crippen LogP contribution in [0.15, 0.2) is 66.9 Å². The number of nitrogens with zero attached hydrogens (tertiary/aromatic N) is 2. The zero-order chi connectivity index (χ0) is 19.9. The van der Waals surface area contributed by atoms with Crippen LogP contribution in [0.4, 0.5) is 4.39 Å². The summed E-state index contributed by atoms with van der Waals surface area (Å²) in [6.45, 7) is 1.79. The van der Waals surface area contributed by atoms with Gasteiger partial charge in [0.15, 0.2) is 0 Å². The number of aromatic nitrogens is 1. The molecule has 1 aromatic heterocycles. The predicted octanol–water partition coefficient (Wildman–Crippen LogP) is 4.62. The zero-order valence-corrected chi connectivity index (χ0v) is 16.4. The molecule has 0 aliphatic carbocycles. The van der Waals surface area contributed by atoms with E-state index in [0.29, 0.717) is 36.8 Å². The number of amides is 1. The van der Waals surface area contributed by atoms with Crippen LogP contribution in [0.5, 0.6) is 0 Å². The van der Waals surface area contributed by atoms with Gasteiger partial charge in [-0.1, -0.05) is 35.9 Å². The molecular weight excluding hydrogens is 379 g/mol. The molecule has 0 atom stereocenters. The van der Waals surface area contributed by atoms with Crippen molar-refractivity contribution < 1.29 is 13.9 Å². The Morgan fingerprint density at radius 3 is 2.71 bits per heavy atom. The summed E-state index contributed by atoms with van der Waals surface area (Å²) in [6, 6.07) is 17.3. The molecule has 6 heteroatoms. The van der Waals surface area contributed by atoms with Gasteiger partial charge in [0.2, 0.25) is 0 Å². The smallest absolute Gasteiger partial charge is 0.254 e. The molecule has 0 radical (unpaired) electrons. The minimum absolute atomic E-state index is 0.234. The highest BCUT2D eigenvalue weighted by molar-refractivity contribution is 6.31. The summed E-state index contributed by atoms with van der Waals surface area (Å²) < 4.78 is 20.8. The van der Waals surface area contributed by atoms with Crippen molar-refractivity contribution in [3.8, 4) is 0 Å². The van der Waals surface area contributed by atoms with E-state index in [2.05, 4.69) is 4.57 Å². The predicted molar refractivity (Wildman–Crippen MR) is 108 cm³/mol. The molecule has 0 N–H and O–H groups in total. The molecule has 3 aromatic rings. The van der Waals surface area contributed by atoms with Crippen LogP contribution in [-0.4, -0.2) is 35.6 Å². The summed E-state index contributed by atoms with van der Waals surface area (Å²) in [4.78, 5) is 14.6. The highest BCUT2D eigenvalue weighted by atomic mass is 35.5. The summed E-state index contributed by atoms with van der Waals surface area (Å²) in [5.41, 5.74) is 2.28. The van der Waals surface area contributed by atoms with Crippen LogP contribution >= 0.6 is 11.6 Å². The zero-order valence-electron chi connectivity index (χ0n) is 15.6. The Labute approximate surface area is 169 Å². The van der Waals surface area contributed by atoms with Crippen LogP contribution in [0.2, 0.25) is 5.02 Å². The summed E-state index contributed by atoms with van der Waals surface area (Å²) in [5.74, 6) is -0.665. The molecule has 0 unspecified atom stereocenters. The molecule has 0 bridgehead atoms. The Bertz CT molecular complexity index is 942. The first-order valence-electron chi connectivity index (χ1n) is 8.99. The fourth-order valence-corrected chi connectivity index (χ4v) is 3.21. The molecule has 2 aromatic carbocycles. The molecule has 1 amide bonds. The summed E-state index contributed by atoms with van der Waals surface area (Å²) in [7, 11) is 1.59. The van der Waals surface area contributed by atoms with E-state index in [1.54, 1.807) is 18.1 Å². The average Bonchev–Trinajstić information content (AvgIpc) is 3.13. The SMILES string of the molecule is COCCN(Cc1cccn1Cc1ccccc1Cl)C(=O)c1cccc(F)c1. The number of carbonyl (C=O) groups is 1. The third kappa shape index (κ3) is 5.00. The molecule has 4 nitrogen and oxygen atoms in total. The molecule has 0 aliphatic heterocycles. The highest BCUT2D eigenvalue weighted by Crippen LogP contribution is 2.19. The van der Waals surface area contributed by atoms with E-state index in [1.807, 2.05) is 42.6 Å². The fourth-order valence-electron chi connectivity index (χ4n) is 3.01. The van der Waals surface area contributed by atoms with Crippen molar-refractivity contribution in [2.45, 2.75) is 13.1 Å². The normalized spacial score (nSPS) is 10.8. The average molecular weight is 401 g/mol. The van der Waals surface area contributed by atoms with Gasteiger partial charge in [-0.15, -0.1) is 0 Å². The van der Waals surface area contributed by atoms with Crippen LogP contribution in [0.25, 0.3) is 0 Å². The minimum atomic E-state index is -0.431. The van der Waals surface area contributed by atoms with Crippen molar-refractivity contribution in [2.75, 3.05) is 20.3 Å². The Morgan fingerprint density at radius 2 is 1.96 bits per heavy atom. The van der Waals surface area contributed by atoms with E-state index in [4.69, 9.17) is 16.3 Å². The Kier molecular flexibility index (Phi) is 6.85. The lowest BCUT2D eigenvalue weighted by Crippen LogP contribution is -2.34. The maximum Gasteiger partial charge on any atom is 0.254 e. The van der Waals surface area contributed by atoms with Crippen molar-refractivity contribution in [3.05, 3.63) is 94.5 Å². The van der Waals surface area contributed by atoms with E-state index < -0.39 is 5.82 Å². The number of carbonyl (C=O) groups excluding carboxylic acids is 1. The van der Waals surface area contributed by atoms with Crippen molar-refractivity contribution in [2.24, 2.45) is 0 Å². The van der Waals surface area contributed by atoms with Crippen molar-refractivity contribution in [1.82, 2.24) is 9.47 Å². The molecule has 0 saturated carbocycles. The second-order valence-corrected chi connectivity index (χ2v) is 6.86. The second-order valence-electron chi connectivity index (χ2n) is 6.45. The molecule has 1 heterocycles. The molecule has 28 heavy (non-hydrogen) atoms. The van der Waals surface area contributed by atoms with E-state index in [0.717, 1.165) is 11.3 Å². The van der Waals surface area contributed by atoms with Gasteiger partial charge >= 0.3 is 0 Å². The van der Waals surface area contributed by atoms with Crippen LogP contribution in [0.3, 0.4) is 0 Å². The van der Waals surface area contributed by atoms with E-state index in [-0.39, 0.29) is 5.91 Å². The number of ether oxygens (including phenoxy) is 1. The van der Waals surface area contributed by atoms with E-state index in [1.165, 1.54) is 18.2 Å². The molecule has 0 aliphatic rings. The van der Waals surface area contributed by atoms with Gasteiger partial charge < -0.3 is 14.2 Å². The number of rotatable bonds is 8. The van der Waals surface area contributed by atoms with Gasteiger partial charge in [0.05, 0.1) is 13.2 Å². The molecule has 3 rings (SSSR count). The van der Waals surface area contributed by atoms with E-state index in [9.17, 15) is 9.18 Å². The number of benzene rings is 2. The standard InChI is InChI=1S/C22H22ClFN2O2/c1-28-13-12-26(22(27)17-7-4-8-19(24)14-17)16-20-9-5-11-25(20)15-18-6-2-3-10-21(18)23/h2-11,14H,12-13,15-16H2,1H3. The summed E-state index contributed by atoms with van der Waals surface area (Å²) in [5, 5.41) is 0.703. The fraction of sp³-hybridized carbons (Fsp3) is 0.227. The van der Waals surface area contributed by atoms with Gasteiger partial charge in [-0.2, -0.15) is 0 Å². The summed E-state index contributed by atoms with van der Waals surface area (Å²) in [6.07, 6.45) is 1.96. The van der Waals surface area contributed by atoms with Crippen LogP contribution in [0, 0.1) is 5.82 Å². The number of methoxy groups -OCH3 is 1. The number of hydrogen-bond donors (Lipinski definition) is 0. The first-order valence-corrected chi connectivity index (χ1v) is 9.37. The monoisotopic (exact) mass is 400 g/mol. The minimum Gasteiger partial charge on any atom is -0.383 e. The number of halogens is 2. The lowest BCUT2D eigenvalue weighted by molar-refractivity contribution is 0.0675. The van der Waals surface area contributed by atoms with Gasteiger partial charge in [-0.25, -0.2) is 4.39 Å². The lowest BCUT2D eigenvalue weighted by atomic mass is 10.2. The Hall–Kier alpha value is -2.63. The first kappa shape index (κ1) is 20.1. The highest BCUT2D eigenvalue weighted by Gasteiger charge is 2.18. The molecule has 0 spiro atoms. The van der Waals surface area contributed by atoms with Crippen LogP contribution in [0.1, 0.15) is 21.6 Å². The van der Waals surface area contributed by atoms with Gasteiger partial charge in [-0.3, -0.25) is 4.79 Å². The maximum absolute atomic E-state index is 13.6. The largest absolute Gasteiger partial charge is 0.383 e. The van der Waals surface area contributed by atoms with E-state index >= 15 is 0 Å². The maximum atomic E-state index is 13.6. The topological polar surface area (TPSA) is 34.5 Å². The van der Waals surface area contributed by atoms with Crippen molar-refractivity contribution >= 4 is 17.5 Å². The van der Waals surface area contributed by atoms with Crippen molar-refractivity contribution in [3.63, 3.8) is 0 Å². The Morgan fingerprint density at radius 1 is 1.14 bits per heavy atom.